The third-order valence-electron chi connectivity index (χ3n) is 4.26. The van der Waals surface area contributed by atoms with Crippen molar-refractivity contribution >= 4 is 11.9 Å². The Morgan fingerprint density at radius 2 is 1.92 bits per heavy atom. The minimum Gasteiger partial charge on any atom is -0.424 e. The topological polar surface area (TPSA) is 135 Å². The molecule has 1 saturated heterocycles. The van der Waals surface area contributed by atoms with Crippen molar-refractivity contribution in [1.29, 1.82) is 0 Å². The average molecular weight is 337 g/mol. The van der Waals surface area contributed by atoms with Crippen molar-refractivity contribution in [3.63, 3.8) is 0 Å². The van der Waals surface area contributed by atoms with Crippen molar-refractivity contribution in [2.75, 3.05) is 6.54 Å². The number of piperidine rings is 1. The Hall–Kier alpha value is -2.07. The van der Waals surface area contributed by atoms with Crippen LogP contribution < -0.4 is 10.5 Å². The van der Waals surface area contributed by atoms with Crippen LogP contribution in [0.15, 0.2) is 24.5 Å². The molecule has 3 rings (SSSR count). The van der Waals surface area contributed by atoms with Crippen LogP contribution in [0.5, 0.6) is 5.75 Å². The van der Waals surface area contributed by atoms with Gasteiger partial charge in [-0.15, -0.1) is 5.06 Å². The smallest absolute Gasteiger partial charge is 0.357 e. The van der Waals surface area contributed by atoms with Gasteiger partial charge >= 0.3 is 11.9 Å². The highest BCUT2D eigenvalue weighted by atomic mass is 16.7. The van der Waals surface area contributed by atoms with Crippen molar-refractivity contribution in [2.24, 2.45) is 11.7 Å². The molecular weight excluding hydrogens is 318 g/mol. The molecule has 1 aromatic rings. The van der Waals surface area contributed by atoms with Crippen LogP contribution in [-0.2, 0) is 14.4 Å². The number of carbonyl (C=O) groups excluding carboxylic acids is 2. The molecule has 1 aromatic heterocycles. The molecule has 0 bridgehead atoms. The van der Waals surface area contributed by atoms with Crippen molar-refractivity contribution < 1.29 is 29.4 Å². The highest BCUT2D eigenvalue weighted by Gasteiger charge is 2.54. The van der Waals surface area contributed by atoms with E-state index >= 15 is 0 Å². The third kappa shape index (κ3) is 3.39. The van der Waals surface area contributed by atoms with E-state index in [0.717, 1.165) is 12.8 Å². The fourth-order valence-corrected chi connectivity index (χ4v) is 2.86. The number of esters is 1. The number of hydrogen-bond donors (Lipinski definition) is 3. The van der Waals surface area contributed by atoms with E-state index in [1.807, 2.05) is 0 Å². The maximum Gasteiger partial charge on any atom is 0.357 e. The number of hydrogen-bond acceptors (Lipinski definition) is 9. The van der Waals surface area contributed by atoms with Crippen molar-refractivity contribution in [2.45, 2.75) is 37.1 Å². The van der Waals surface area contributed by atoms with Crippen LogP contribution in [0.2, 0.25) is 0 Å². The molecule has 1 aliphatic heterocycles. The van der Waals surface area contributed by atoms with Gasteiger partial charge in [-0.3, -0.25) is 4.98 Å². The van der Waals surface area contributed by atoms with Gasteiger partial charge in [-0.2, -0.15) is 0 Å². The highest BCUT2D eigenvalue weighted by Crippen LogP contribution is 2.47. The molecule has 9 nitrogen and oxygen atoms in total. The number of nitrogens with two attached hydrogens (primary N) is 1. The lowest BCUT2D eigenvalue weighted by Crippen LogP contribution is -2.47. The maximum atomic E-state index is 12.0. The van der Waals surface area contributed by atoms with E-state index in [9.17, 15) is 19.8 Å². The van der Waals surface area contributed by atoms with Gasteiger partial charge in [-0.05, 0) is 30.9 Å². The number of nitrogens with zero attached hydrogens (tertiary/aromatic N) is 2. The zero-order chi connectivity index (χ0) is 17.3. The number of hydroxylamine groups is 2. The fraction of sp³-hybridized carbons (Fsp3) is 0.533. The molecule has 5 unspecified atom stereocenters. The standard InChI is InChI=1S/C15H19N3O6/c16-7-9-5-8-6-11(8)18(9)24-15(22)13(20)12(19)14(21)23-10-1-3-17-4-2-10/h1-4,8-9,11-13,19-20H,5-7,16H2. The Labute approximate surface area is 137 Å². The molecule has 0 aromatic carbocycles. The fourth-order valence-electron chi connectivity index (χ4n) is 2.86. The number of fused-ring (bicyclic) bond motifs is 1. The van der Waals surface area contributed by atoms with Gasteiger partial charge in [0.05, 0.1) is 6.04 Å². The predicted molar refractivity (Wildman–Crippen MR) is 79.2 cm³/mol. The Morgan fingerprint density at radius 3 is 2.58 bits per heavy atom. The van der Waals surface area contributed by atoms with E-state index in [1.165, 1.54) is 29.6 Å². The summed E-state index contributed by atoms with van der Waals surface area (Å²) in [6, 6.07) is 2.80. The third-order valence-corrected chi connectivity index (χ3v) is 4.26. The van der Waals surface area contributed by atoms with E-state index in [4.69, 9.17) is 15.3 Å². The van der Waals surface area contributed by atoms with Gasteiger partial charge in [0.1, 0.15) is 5.75 Å². The van der Waals surface area contributed by atoms with E-state index in [0.29, 0.717) is 12.5 Å². The molecule has 5 atom stereocenters. The number of rotatable bonds is 6. The summed E-state index contributed by atoms with van der Waals surface area (Å²) < 4.78 is 4.86. The summed E-state index contributed by atoms with van der Waals surface area (Å²) in [4.78, 5) is 32.7. The van der Waals surface area contributed by atoms with Crippen molar-refractivity contribution in [3.05, 3.63) is 24.5 Å². The van der Waals surface area contributed by atoms with Crippen LogP contribution in [0.4, 0.5) is 0 Å². The zero-order valence-electron chi connectivity index (χ0n) is 12.8. The van der Waals surface area contributed by atoms with Gasteiger partial charge < -0.3 is 25.5 Å². The van der Waals surface area contributed by atoms with Crippen LogP contribution in [0.25, 0.3) is 0 Å². The lowest BCUT2D eigenvalue weighted by molar-refractivity contribution is -0.214. The second-order valence-corrected chi connectivity index (χ2v) is 5.95. The summed E-state index contributed by atoms with van der Waals surface area (Å²) >= 11 is 0. The first-order valence-electron chi connectivity index (χ1n) is 7.69. The molecule has 0 spiro atoms. The molecule has 2 aliphatic rings. The Morgan fingerprint density at radius 1 is 1.25 bits per heavy atom. The lowest BCUT2D eigenvalue weighted by Gasteiger charge is -2.26. The molecular formula is C15H19N3O6. The first-order valence-corrected chi connectivity index (χ1v) is 7.69. The molecule has 0 amide bonds. The van der Waals surface area contributed by atoms with E-state index < -0.39 is 24.1 Å². The second kappa shape index (κ2) is 6.81. The molecule has 1 saturated carbocycles. The van der Waals surface area contributed by atoms with Crippen LogP contribution in [0.3, 0.4) is 0 Å². The molecule has 4 N–H and O–H groups in total. The quantitative estimate of drug-likeness (QED) is 0.535. The van der Waals surface area contributed by atoms with E-state index in [2.05, 4.69) is 4.98 Å². The highest BCUT2D eigenvalue weighted by molar-refractivity contribution is 5.86. The van der Waals surface area contributed by atoms with Crippen LogP contribution in [-0.4, -0.2) is 63.0 Å². The molecule has 2 heterocycles. The Kier molecular flexibility index (Phi) is 4.76. The number of carbonyl (C=O) groups is 2. The average Bonchev–Trinajstić information content (AvgIpc) is 3.28. The normalized spacial score (nSPS) is 27.9. The van der Waals surface area contributed by atoms with Crippen LogP contribution in [0.1, 0.15) is 12.8 Å². The largest absolute Gasteiger partial charge is 0.424 e. The van der Waals surface area contributed by atoms with E-state index in [-0.39, 0.29) is 17.8 Å². The van der Waals surface area contributed by atoms with Gasteiger partial charge in [0.2, 0.25) is 0 Å². The maximum absolute atomic E-state index is 12.0. The van der Waals surface area contributed by atoms with Gasteiger partial charge in [-0.25, -0.2) is 9.59 Å². The second-order valence-electron chi connectivity index (χ2n) is 5.95. The van der Waals surface area contributed by atoms with E-state index in [1.54, 1.807) is 0 Å². The Bertz CT molecular complexity index is 612. The van der Waals surface area contributed by atoms with Gasteiger partial charge in [-0.1, -0.05) is 0 Å². The van der Waals surface area contributed by atoms with Gasteiger partial charge in [0.15, 0.2) is 12.2 Å². The SMILES string of the molecule is NCC1CC2CC2N1OC(=O)C(O)C(O)C(=O)Oc1ccncc1. The number of aliphatic hydroxyl groups is 2. The lowest BCUT2D eigenvalue weighted by atomic mass is 10.2. The van der Waals surface area contributed by atoms with Crippen LogP contribution in [0, 0.1) is 5.92 Å². The number of ether oxygens (including phenoxy) is 1. The van der Waals surface area contributed by atoms with Gasteiger partial charge in [0, 0.05) is 25.0 Å². The number of aromatic nitrogens is 1. The zero-order valence-corrected chi connectivity index (χ0v) is 12.8. The summed E-state index contributed by atoms with van der Waals surface area (Å²) in [5.41, 5.74) is 5.63. The van der Waals surface area contributed by atoms with Crippen molar-refractivity contribution in [3.8, 4) is 5.75 Å². The minimum atomic E-state index is -2.06. The predicted octanol–water partition coefficient (Wildman–Crippen LogP) is -1.41. The van der Waals surface area contributed by atoms with Crippen molar-refractivity contribution in [1.82, 2.24) is 10.0 Å². The summed E-state index contributed by atoms with van der Waals surface area (Å²) in [7, 11) is 0. The Balaban J connectivity index is 1.55. The molecule has 2 fully saturated rings. The first kappa shape index (κ1) is 16.8. The summed E-state index contributed by atoms with van der Waals surface area (Å²) in [6.07, 6.45) is 0.428. The molecule has 1 aliphatic carbocycles. The molecule has 130 valence electrons. The summed E-state index contributed by atoms with van der Waals surface area (Å²) in [5, 5.41) is 21.1. The monoisotopic (exact) mass is 337 g/mol. The summed E-state index contributed by atoms with van der Waals surface area (Å²) in [6.45, 7) is 0.322. The molecule has 9 heteroatoms. The first-order chi connectivity index (χ1) is 11.5. The number of aliphatic hydroxyl groups excluding tert-OH is 2. The van der Waals surface area contributed by atoms with Crippen LogP contribution >= 0.6 is 0 Å². The number of pyridine rings is 1. The minimum absolute atomic E-state index is 0.106. The summed E-state index contributed by atoms with van der Waals surface area (Å²) in [5.74, 6) is -1.69. The molecule has 24 heavy (non-hydrogen) atoms. The van der Waals surface area contributed by atoms with Gasteiger partial charge in [0.25, 0.3) is 0 Å². The molecule has 0 radical (unpaired) electrons.